The summed E-state index contributed by atoms with van der Waals surface area (Å²) in [7, 11) is 3.97. The van der Waals surface area contributed by atoms with Crippen molar-refractivity contribution in [3.05, 3.63) is 35.2 Å². The number of hydrogen-bond donors (Lipinski definition) is 0. The first-order valence-corrected chi connectivity index (χ1v) is 8.62. The number of rotatable bonds is 4. The van der Waals surface area contributed by atoms with Crippen LogP contribution in [0.2, 0.25) is 0 Å². The van der Waals surface area contributed by atoms with E-state index in [9.17, 15) is 4.79 Å². The minimum Gasteiger partial charge on any atom is -0.489 e. The molecule has 6 nitrogen and oxygen atoms in total. The van der Waals surface area contributed by atoms with E-state index in [1.807, 2.05) is 62.9 Å². The Balaban J connectivity index is 1.96. The van der Waals surface area contributed by atoms with Crippen LogP contribution in [0.25, 0.3) is 0 Å². The normalized spacial score (nSPS) is 14.7. The molecular weight excluding hydrogens is 318 g/mol. The molecule has 1 aliphatic rings. The summed E-state index contributed by atoms with van der Waals surface area (Å²) in [6.45, 7) is 6.81. The van der Waals surface area contributed by atoms with Crippen molar-refractivity contribution in [3.63, 3.8) is 0 Å². The lowest BCUT2D eigenvalue weighted by Gasteiger charge is -2.32. The Hall–Kier alpha value is -2.50. The van der Waals surface area contributed by atoms with Crippen LogP contribution in [0, 0.1) is 13.8 Å². The molecule has 0 N–H and O–H groups in total. The molecule has 0 spiro atoms. The quantitative estimate of drug-likeness (QED) is 0.853. The number of anilines is 2. The van der Waals surface area contributed by atoms with Crippen molar-refractivity contribution in [2.75, 3.05) is 37.0 Å². The zero-order chi connectivity index (χ0) is 18.1. The number of ether oxygens (including phenoxy) is 1. The van der Waals surface area contributed by atoms with Crippen LogP contribution < -0.4 is 14.5 Å². The van der Waals surface area contributed by atoms with E-state index < -0.39 is 0 Å². The number of aryl methyl sites for hydroxylation is 2. The number of fused-ring (bicyclic) bond motifs is 1. The van der Waals surface area contributed by atoms with Crippen molar-refractivity contribution in [1.29, 1.82) is 0 Å². The molecule has 1 aromatic carbocycles. The average Bonchev–Trinajstić information content (AvgIpc) is 2.93. The van der Waals surface area contributed by atoms with Crippen LogP contribution in [0.4, 0.5) is 11.4 Å². The molecule has 0 bridgehead atoms. The fourth-order valence-corrected chi connectivity index (χ4v) is 3.39. The maximum absolute atomic E-state index is 13.3. The number of carbonyl (C=O) groups is 1. The molecular formula is C19H25N3O3. The van der Waals surface area contributed by atoms with Gasteiger partial charge in [0.15, 0.2) is 0 Å². The molecule has 1 amide bonds. The second kappa shape index (κ2) is 6.78. The standard InChI is InChI=1S/C19H25N3O3/c1-6-15(18-12(2)20-25-13(18)3)19(23)22-9-10-24-17-11-14(21(4)5)7-8-16(17)22/h7-8,11,15H,6,9-10H2,1-5H3/t15-/m0/s1. The lowest BCUT2D eigenvalue weighted by molar-refractivity contribution is -0.120. The average molecular weight is 343 g/mol. The molecule has 1 atom stereocenters. The minimum absolute atomic E-state index is 0.0686. The molecule has 134 valence electrons. The third-order valence-electron chi connectivity index (χ3n) is 4.73. The summed E-state index contributed by atoms with van der Waals surface area (Å²) in [5.74, 6) is 1.28. The fraction of sp³-hybridized carbons (Fsp3) is 0.474. The Morgan fingerprint density at radius 3 is 2.72 bits per heavy atom. The van der Waals surface area contributed by atoms with Crippen LogP contribution in [0.1, 0.15) is 36.3 Å². The van der Waals surface area contributed by atoms with Gasteiger partial charge >= 0.3 is 0 Å². The summed E-state index contributed by atoms with van der Waals surface area (Å²) >= 11 is 0. The molecule has 25 heavy (non-hydrogen) atoms. The number of carbonyl (C=O) groups excluding carboxylic acids is 1. The Morgan fingerprint density at radius 1 is 1.36 bits per heavy atom. The summed E-state index contributed by atoms with van der Waals surface area (Å²) in [5.41, 5.74) is 3.57. The maximum atomic E-state index is 13.3. The van der Waals surface area contributed by atoms with Gasteiger partial charge in [-0.3, -0.25) is 4.79 Å². The molecule has 0 saturated heterocycles. The van der Waals surface area contributed by atoms with Crippen molar-refractivity contribution in [3.8, 4) is 5.75 Å². The van der Waals surface area contributed by atoms with Crippen molar-refractivity contribution >= 4 is 17.3 Å². The molecule has 0 aliphatic carbocycles. The van der Waals surface area contributed by atoms with Gasteiger partial charge in [-0.25, -0.2) is 0 Å². The molecule has 1 aromatic heterocycles. The van der Waals surface area contributed by atoms with Gasteiger partial charge in [0.25, 0.3) is 0 Å². The first-order valence-electron chi connectivity index (χ1n) is 8.62. The smallest absolute Gasteiger partial charge is 0.234 e. The van der Waals surface area contributed by atoms with Crippen LogP contribution in [0.5, 0.6) is 5.75 Å². The van der Waals surface area contributed by atoms with Crippen molar-refractivity contribution in [2.24, 2.45) is 0 Å². The van der Waals surface area contributed by atoms with Crippen LogP contribution in [-0.2, 0) is 4.79 Å². The van der Waals surface area contributed by atoms with Crippen LogP contribution in [-0.4, -0.2) is 38.3 Å². The van der Waals surface area contributed by atoms with E-state index in [1.54, 1.807) is 0 Å². The summed E-state index contributed by atoms with van der Waals surface area (Å²) in [6, 6.07) is 5.94. The van der Waals surface area contributed by atoms with E-state index in [0.717, 1.165) is 28.4 Å². The molecule has 0 radical (unpaired) electrons. The zero-order valence-electron chi connectivity index (χ0n) is 15.5. The second-order valence-corrected chi connectivity index (χ2v) is 6.58. The highest BCUT2D eigenvalue weighted by Gasteiger charge is 2.33. The summed E-state index contributed by atoms with van der Waals surface area (Å²) < 4.78 is 11.1. The molecule has 2 heterocycles. The van der Waals surface area contributed by atoms with Crippen LogP contribution in [0.15, 0.2) is 22.7 Å². The van der Waals surface area contributed by atoms with Gasteiger partial charge in [-0.1, -0.05) is 12.1 Å². The van der Waals surface area contributed by atoms with Gasteiger partial charge in [0.05, 0.1) is 23.8 Å². The van der Waals surface area contributed by atoms with Crippen LogP contribution >= 0.6 is 0 Å². The fourth-order valence-electron chi connectivity index (χ4n) is 3.39. The number of nitrogens with zero attached hydrogens (tertiary/aromatic N) is 3. The van der Waals surface area contributed by atoms with Crippen LogP contribution in [0.3, 0.4) is 0 Å². The second-order valence-electron chi connectivity index (χ2n) is 6.58. The maximum Gasteiger partial charge on any atom is 0.234 e. The monoisotopic (exact) mass is 343 g/mol. The highest BCUT2D eigenvalue weighted by atomic mass is 16.5. The Labute approximate surface area is 148 Å². The number of aromatic nitrogens is 1. The molecule has 0 unspecified atom stereocenters. The largest absolute Gasteiger partial charge is 0.489 e. The zero-order valence-corrected chi connectivity index (χ0v) is 15.5. The Morgan fingerprint density at radius 2 is 2.12 bits per heavy atom. The van der Waals surface area contributed by atoms with Crippen molar-refractivity contribution in [2.45, 2.75) is 33.1 Å². The Kier molecular flexibility index (Phi) is 4.70. The van der Waals surface area contributed by atoms with E-state index in [2.05, 4.69) is 5.16 Å². The Bertz CT molecular complexity index is 763. The predicted molar refractivity (Wildman–Crippen MR) is 97.6 cm³/mol. The third-order valence-corrected chi connectivity index (χ3v) is 4.73. The number of amides is 1. The van der Waals surface area contributed by atoms with Gasteiger partial charge in [-0.15, -0.1) is 0 Å². The van der Waals surface area contributed by atoms with E-state index in [0.29, 0.717) is 25.3 Å². The van der Waals surface area contributed by atoms with Crippen molar-refractivity contribution < 1.29 is 14.1 Å². The van der Waals surface area contributed by atoms with Gasteiger partial charge in [0, 0.05) is 31.4 Å². The topological polar surface area (TPSA) is 58.8 Å². The highest BCUT2D eigenvalue weighted by Crippen LogP contribution is 2.37. The summed E-state index contributed by atoms with van der Waals surface area (Å²) in [4.78, 5) is 17.2. The lowest BCUT2D eigenvalue weighted by atomic mass is 9.93. The van der Waals surface area contributed by atoms with Gasteiger partial charge in [-0.2, -0.15) is 0 Å². The van der Waals surface area contributed by atoms with E-state index in [4.69, 9.17) is 9.26 Å². The first-order chi connectivity index (χ1) is 11.9. The molecule has 0 fully saturated rings. The van der Waals surface area contributed by atoms with Gasteiger partial charge in [0.1, 0.15) is 18.1 Å². The third kappa shape index (κ3) is 3.08. The summed E-state index contributed by atoms with van der Waals surface area (Å²) in [6.07, 6.45) is 0.699. The molecule has 3 rings (SSSR count). The molecule has 0 saturated carbocycles. The first kappa shape index (κ1) is 17.3. The lowest BCUT2D eigenvalue weighted by Crippen LogP contribution is -2.41. The van der Waals surface area contributed by atoms with Gasteiger partial charge in [0.2, 0.25) is 5.91 Å². The van der Waals surface area contributed by atoms with E-state index >= 15 is 0 Å². The minimum atomic E-state index is -0.259. The van der Waals surface area contributed by atoms with Crippen molar-refractivity contribution in [1.82, 2.24) is 5.16 Å². The van der Waals surface area contributed by atoms with Gasteiger partial charge < -0.3 is 19.1 Å². The molecule has 2 aromatic rings. The van der Waals surface area contributed by atoms with E-state index in [-0.39, 0.29) is 11.8 Å². The molecule has 1 aliphatic heterocycles. The summed E-state index contributed by atoms with van der Waals surface area (Å²) in [5, 5.41) is 4.01. The highest BCUT2D eigenvalue weighted by molar-refractivity contribution is 6.00. The molecule has 6 heteroatoms. The number of benzene rings is 1. The van der Waals surface area contributed by atoms with Gasteiger partial charge in [-0.05, 0) is 32.4 Å². The predicted octanol–water partition coefficient (Wildman–Crippen LogP) is 3.28. The number of hydrogen-bond acceptors (Lipinski definition) is 5. The van der Waals surface area contributed by atoms with E-state index in [1.165, 1.54) is 0 Å². The SMILES string of the molecule is CC[C@H](C(=O)N1CCOc2cc(N(C)C)ccc21)c1c(C)noc1C.